The van der Waals surface area contributed by atoms with Crippen LogP contribution in [0.25, 0.3) is 0 Å². The summed E-state index contributed by atoms with van der Waals surface area (Å²) in [4.78, 5) is 36.5. The van der Waals surface area contributed by atoms with Crippen LogP contribution in [0.15, 0.2) is 11.6 Å². The van der Waals surface area contributed by atoms with Gasteiger partial charge < -0.3 is 4.74 Å². The lowest BCUT2D eigenvalue weighted by Gasteiger charge is -2.59. The van der Waals surface area contributed by atoms with Crippen LogP contribution in [0.3, 0.4) is 0 Å². The Kier molecular flexibility index (Phi) is 4.21. The fraction of sp³-hybridized carbons (Fsp3) is 0.783. The van der Waals surface area contributed by atoms with Crippen molar-refractivity contribution in [1.29, 1.82) is 0 Å². The summed E-state index contributed by atoms with van der Waals surface area (Å²) in [6.45, 7) is 7.58. The number of allylic oxidation sites excluding steroid dienone is 1. The van der Waals surface area contributed by atoms with Gasteiger partial charge in [-0.05, 0) is 81.1 Å². The van der Waals surface area contributed by atoms with Gasteiger partial charge in [-0.3, -0.25) is 14.4 Å². The summed E-state index contributed by atoms with van der Waals surface area (Å²) >= 11 is 0. The molecule has 0 heterocycles. The zero-order chi connectivity index (χ0) is 19.6. The zero-order valence-corrected chi connectivity index (χ0v) is 17.1. The molecule has 4 aliphatic rings. The van der Waals surface area contributed by atoms with E-state index in [1.807, 2.05) is 6.08 Å². The Bertz CT molecular complexity index is 737. The molecule has 0 amide bonds. The van der Waals surface area contributed by atoms with E-state index in [4.69, 9.17) is 4.74 Å². The number of hydrogen-bond donors (Lipinski definition) is 0. The van der Waals surface area contributed by atoms with Crippen molar-refractivity contribution in [1.82, 2.24) is 0 Å². The van der Waals surface area contributed by atoms with Gasteiger partial charge in [-0.15, -0.1) is 0 Å². The Morgan fingerprint density at radius 1 is 1.00 bits per heavy atom. The molecule has 0 bridgehead atoms. The fourth-order valence-corrected chi connectivity index (χ4v) is 7.62. The number of rotatable bonds is 2. The van der Waals surface area contributed by atoms with Crippen molar-refractivity contribution in [3.05, 3.63) is 11.6 Å². The molecule has 0 N–H and O–H groups in total. The van der Waals surface area contributed by atoms with Crippen molar-refractivity contribution in [2.45, 2.75) is 84.7 Å². The van der Waals surface area contributed by atoms with E-state index in [2.05, 4.69) is 13.8 Å². The van der Waals surface area contributed by atoms with Gasteiger partial charge >= 0.3 is 5.97 Å². The molecule has 0 aromatic rings. The van der Waals surface area contributed by atoms with E-state index >= 15 is 0 Å². The van der Waals surface area contributed by atoms with Gasteiger partial charge in [-0.25, -0.2) is 0 Å². The quantitative estimate of drug-likeness (QED) is 0.674. The van der Waals surface area contributed by atoms with Crippen LogP contribution in [0.2, 0.25) is 0 Å². The third-order valence-corrected chi connectivity index (χ3v) is 8.97. The van der Waals surface area contributed by atoms with Gasteiger partial charge in [0.2, 0.25) is 0 Å². The van der Waals surface area contributed by atoms with Gasteiger partial charge in [0.1, 0.15) is 0 Å². The van der Waals surface area contributed by atoms with Crippen molar-refractivity contribution in [3.8, 4) is 0 Å². The number of Topliss-reactive ketones (excluding diaryl/α,β-unsaturated/α-hetero) is 1. The van der Waals surface area contributed by atoms with Gasteiger partial charge in [-0.1, -0.05) is 19.4 Å². The van der Waals surface area contributed by atoms with Gasteiger partial charge in [0, 0.05) is 18.8 Å². The van der Waals surface area contributed by atoms with Crippen LogP contribution >= 0.6 is 0 Å². The molecule has 4 heteroatoms. The highest BCUT2D eigenvalue weighted by Crippen LogP contribution is 2.68. The largest absolute Gasteiger partial charge is 0.451 e. The van der Waals surface area contributed by atoms with Crippen LogP contribution in [0.5, 0.6) is 0 Å². The number of esters is 1. The first-order valence-electron chi connectivity index (χ1n) is 10.6. The predicted molar refractivity (Wildman–Crippen MR) is 102 cm³/mol. The molecule has 27 heavy (non-hydrogen) atoms. The lowest BCUT2D eigenvalue weighted by atomic mass is 9.46. The highest BCUT2D eigenvalue weighted by atomic mass is 16.6. The van der Waals surface area contributed by atoms with E-state index in [1.165, 1.54) is 12.5 Å². The van der Waals surface area contributed by atoms with Crippen molar-refractivity contribution in [3.63, 3.8) is 0 Å². The van der Waals surface area contributed by atoms with Gasteiger partial charge in [-0.2, -0.15) is 0 Å². The maximum atomic E-state index is 12.7. The highest BCUT2D eigenvalue weighted by molar-refractivity contribution is 5.91. The van der Waals surface area contributed by atoms with Gasteiger partial charge in [0.15, 0.2) is 17.2 Å². The Morgan fingerprint density at radius 2 is 1.70 bits per heavy atom. The fourth-order valence-electron chi connectivity index (χ4n) is 7.62. The number of carbonyl (C=O) groups is 3. The van der Waals surface area contributed by atoms with Crippen molar-refractivity contribution in [2.24, 2.45) is 28.6 Å². The summed E-state index contributed by atoms with van der Waals surface area (Å²) < 4.78 is 5.81. The first-order chi connectivity index (χ1) is 12.6. The molecule has 0 aromatic heterocycles. The molecule has 0 aliphatic heterocycles. The molecule has 6 atom stereocenters. The van der Waals surface area contributed by atoms with Crippen LogP contribution in [-0.4, -0.2) is 23.1 Å². The first-order valence-corrected chi connectivity index (χ1v) is 10.6. The van der Waals surface area contributed by atoms with Crippen molar-refractivity contribution >= 4 is 17.5 Å². The normalized spacial score (nSPS) is 46.0. The summed E-state index contributed by atoms with van der Waals surface area (Å²) in [5.41, 5.74) is 0.266. The highest BCUT2D eigenvalue weighted by Gasteiger charge is 2.67. The van der Waals surface area contributed by atoms with E-state index in [-0.39, 0.29) is 28.4 Å². The van der Waals surface area contributed by atoms with E-state index < -0.39 is 5.60 Å². The van der Waals surface area contributed by atoms with Crippen LogP contribution in [0.4, 0.5) is 0 Å². The third-order valence-electron chi connectivity index (χ3n) is 8.97. The molecule has 4 nitrogen and oxygen atoms in total. The maximum absolute atomic E-state index is 12.7. The number of ketones is 2. The number of carbonyl (C=O) groups excluding carboxylic acids is 3. The average molecular weight is 373 g/mol. The second-order valence-electron chi connectivity index (χ2n) is 9.94. The number of ether oxygens (including phenoxy) is 1. The third kappa shape index (κ3) is 2.44. The molecular formula is C23H32O4. The average Bonchev–Trinajstić information content (AvgIpc) is 2.89. The molecule has 4 rings (SSSR count). The monoisotopic (exact) mass is 372 g/mol. The summed E-state index contributed by atoms with van der Waals surface area (Å²) in [6, 6.07) is 0. The Balaban J connectivity index is 1.70. The molecule has 4 aliphatic carbocycles. The lowest BCUT2D eigenvalue weighted by molar-refractivity contribution is -0.187. The van der Waals surface area contributed by atoms with E-state index in [1.54, 1.807) is 6.92 Å². The van der Waals surface area contributed by atoms with E-state index in [9.17, 15) is 14.4 Å². The standard InChI is InChI=1S/C23H32O4/c1-14(24)23(27-15(2)25)12-9-20-18-6-5-16-13-17(26)7-10-21(16,3)19(18)8-11-22(20,23)4/h13,18-20H,5-12H2,1-4H3/t18-,19+,20-,21+,22-,23+/m0/s1. The molecule has 0 radical (unpaired) electrons. The molecule has 0 spiro atoms. The second-order valence-corrected chi connectivity index (χ2v) is 9.94. The van der Waals surface area contributed by atoms with Gasteiger partial charge in [0.25, 0.3) is 0 Å². The molecule has 0 saturated heterocycles. The SMILES string of the molecule is CC(=O)O[C@@]1(C(C)=O)CC[C@H]2[C@H]3CCC4=CC(=O)CC[C@@]4(C)[C@@H]3CC[C@@]21C. The second kappa shape index (κ2) is 6.02. The van der Waals surface area contributed by atoms with E-state index in [0.29, 0.717) is 30.6 Å². The Labute approximate surface area is 162 Å². The van der Waals surface area contributed by atoms with Crippen LogP contribution < -0.4 is 0 Å². The lowest BCUT2D eigenvalue weighted by Crippen LogP contribution is -2.58. The predicted octanol–water partition coefficient (Wildman–Crippen LogP) is 4.41. The number of fused-ring (bicyclic) bond motifs is 5. The maximum Gasteiger partial charge on any atom is 0.303 e. The minimum Gasteiger partial charge on any atom is -0.451 e. The molecular weight excluding hydrogens is 340 g/mol. The van der Waals surface area contributed by atoms with Crippen LogP contribution in [0.1, 0.15) is 79.1 Å². The smallest absolute Gasteiger partial charge is 0.303 e. The first kappa shape index (κ1) is 18.9. The molecule has 148 valence electrons. The minimum atomic E-state index is -0.950. The van der Waals surface area contributed by atoms with Crippen molar-refractivity contribution < 1.29 is 19.1 Å². The summed E-state index contributed by atoms with van der Waals surface area (Å²) in [7, 11) is 0. The van der Waals surface area contributed by atoms with Crippen LogP contribution in [0, 0.1) is 28.6 Å². The summed E-state index contributed by atoms with van der Waals surface area (Å²) in [5.74, 6) is 1.48. The molecule has 3 saturated carbocycles. The van der Waals surface area contributed by atoms with E-state index in [0.717, 1.165) is 38.5 Å². The Morgan fingerprint density at radius 3 is 2.37 bits per heavy atom. The van der Waals surface area contributed by atoms with Gasteiger partial charge in [0.05, 0.1) is 0 Å². The molecule has 0 unspecified atom stereocenters. The molecule has 0 aromatic carbocycles. The van der Waals surface area contributed by atoms with Crippen molar-refractivity contribution in [2.75, 3.05) is 0 Å². The summed E-state index contributed by atoms with van der Waals surface area (Å²) in [6.07, 6.45) is 9.23. The topological polar surface area (TPSA) is 60.4 Å². The zero-order valence-electron chi connectivity index (χ0n) is 17.1. The number of hydrogen-bond acceptors (Lipinski definition) is 4. The Hall–Kier alpha value is -1.45. The van der Waals surface area contributed by atoms with Crippen LogP contribution in [-0.2, 0) is 19.1 Å². The summed E-state index contributed by atoms with van der Waals surface area (Å²) in [5, 5.41) is 0. The minimum absolute atomic E-state index is 0.00650. The molecule has 3 fully saturated rings.